The highest BCUT2D eigenvalue weighted by molar-refractivity contribution is 5.73. The quantitative estimate of drug-likeness (QED) is 0.787. The topological polar surface area (TPSA) is 40.5 Å². The minimum atomic E-state index is -2.45. The first kappa shape index (κ1) is 12.4. The van der Waals surface area contributed by atoms with Crippen molar-refractivity contribution in [2.45, 2.75) is 38.7 Å². The van der Waals surface area contributed by atoms with Crippen LogP contribution < -0.4 is 0 Å². The molecule has 0 radical (unpaired) electrons. The van der Waals surface area contributed by atoms with E-state index in [1.165, 1.54) is 4.90 Å². The van der Waals surface area contributed by atoms with Crippen LogP contribution in [0.1, 0.15) is 26.2 Å². The lowest BCUT2D eigenvalue weighted by molar-refractivity contribution is -0.146. The summed E-state index contributed by atoms with van der Waals surface area (Å²) in [6, 6.07) is -0.724. The maximum atomic E-state index is 12.2. The second kappa shape index (κ2) is 5.39. The first-order valence-electron chi connectivity index (χ1n) is 5.29. The van der Waals surface area contributed by atoms with Crippen LogP contribution in [-0.4, -0.2) is 41.5 Å². The Bertz CT molecular complexity index is 223. The van der Waals surface area contributed by atoms with Crippen molar-refractivity contribution in [3.8, 4) is 0 Å². The summed E-state index contributed by atoms with van der Waals surface area (Å²) < 4.78 is 24.4. The summed E-state index contributed by atoms with van der Waals surface area (Å²) in [7, 11) is 0. The predicted octanol–water partition coefficient (Wildman–Crippen LogP) is 1.83. The molecule has 1 N–H and O–H groups in total. The van der Waals surface area contributed by atoms with Crippen molar-refractivity contribution in [2.75, 3.05) is 13.1 Å². The van der Waals surface area contributed by atoms with E-state index in [1.807, 2.05) is 6.92 Å². The molecule has 0 saturated carbocycles. The van der Waals surface area contributed by atoms with Gasteiger partial charge in [0, 0.05) is 0 Å². The van der Waals surface area contributed by atoms with Gasteiger partial charge in [0.05, 0.1) is 6.54 Å². The standard InChI is InChI=1S/C10H17F2NO2/c1-2-7-3-4-13(6-9(11)12)8(5-7)10(14)15/h7-9H,2-6H2,1H3,(H,14,15). The van der Waals surface area contributed by atoms with E-state index < -0.39 is 25.0 Å². The van der Waals surface area contributed by atoms with Crippen molar-refractivity contribution in [1.82, 2.24) is 4.90 Å². The van der Waals surface area contributed by atoms with Crippen LogP contribution in [0.25, 0.3) is 0 Å². The summed E-state index contributed by atoms with van der Waals surface area (Å²) in [6.07, 6.45) is -0.206. The lowest BCUT2D eigenvalue weighted by Gasteiger charge is -2.36. The SMILES string of the molecule is CCC1CCN(CC(F)F)C(C(=O)O)C1. The molecule has 1 heterocycles. The third kappa shape index (κ3) is 3.41. The highest BCUT2D eigenvalue weighted by Crippen LogP contribution is 2.25. The lowest BCUT2D eigenvalue weighted by atomic mass is 9.89. The van der Waals surface area contributed by atoms with E-state index in [0.717, 1.165) is 12.8 Å². The van der Waals surface area contributed by atoms with Crippen LogP contribution in [0.2, 0.25) is 0 Å². The largest absolute Gasteiger partial charge is 0.480 e. The fourth-order valence-electron chi connectivity index (χ4n) is 2.11. The van der Waals surface area contributed by atoms with Gasteiger partial charge in [0.1, 0.15) is 6.04 Å². The van der Waals surface area contributed by atoms with Gasteiger partial charge in [-0.15, -0.1) is 0 Å². The maximum absolute atomic E-state index is 12.2. The zero-order valence-electron chi connectivity index (χ0n) is 8.83. The average Bonchev–Trinajstić information content (AvgIpc) is 2.17. The van der Waals surface area contributed by atoms with Crippen LogP contribution in [0.15, 0.2) is 0 Å². The minimum absolute atomic E-state index is 0.361. The second-order valence-electron chi connectivity index (χ2n) is 4.04. The third-order valence-electron chi connectivity index (χ3n) is 3.06. The number of rotatable bonds is 4. The molecule has 1 fully saturated rings. The van der Waals surface area contributed by atoms with E-state index in [-0.39, 0.29) is 0 Å². The molecule has 15 heavy (non-hydrogen) atoms. The summed E-state index contributed by atoms with van der Waals surface area (Å²) in [5.41, 5.74) is 0. The highest BCUT2D eigenvalue weighted by Gasteiger charge is 2.33. The first-order chi connectivity index (χ1) is 7.04. The van der Waals surface area contributed by atoms with Gasteiger partial charge in [-0.3, -0.25) is 9.69 Å². The van der Waals surface area contributed by atoms with E-state index in [2.05, 4.69) is 0 Å². The normalized spacial score (nSPS) is 28.3. The fraction of sp³-hybridized carbons (Fsp3) is 0.900. The van der Waals surface area contributed by atoms with Crippen LogP contribution in [0.4, 0.5) is 8.78 Å². The molecule has 3 nitrogen and oxygen atoms in total. The van der Waals surface area contributed by atoms with Crippen molar-refractivity contribution < 1.29 is 18.7 Å². The number of piperidine rings is 1. The predicted molar refractivity (Wildman–Crippen MR) is 52.0 cm³/mol. The maximum Gasteiger partial charge on any atom is 0.320 e. The number of halogens is 2. The number of nitrogens with zero attached hydrogens (tertiary/aromatic N) is 1. The monoisotopic (exact) mass is 221 g/mol. The van der Waals surface area contributed by atoms with E-state index in [4.69, 9.17) is 5.11 Å². The Morgan fingerprint density at radius 2 is 2.27 bits per heavy atom. The third-order valence-corrected chi connectivity index (χ3v) is 3.06. The zero-order chi connectivity index (χ0) is 11.4. The Morgan fingerprint density at radius 3 is 2.73 bits per heavy atom. The van der Waals surface area contributed by atoms with E-state index >= 15 is 0 Å². The zero-order valence-corrected chi connectivity index (χ0v) is 8.83. The number of alkyl halides is 2. The second-order valence-corrected chi connectivity index (χ2v) is 4.04. The van der Waals surface area contributed by atoms with Gasteiger partial charge < -0.3 is 5.11 Å². The number of carbonyl (C=O) groups is 1. The number of hydrogen-bond donors (Lipinski definition) is 1. The summed E-state index contributed by atoms with van der Waals surface area (Å²) in [4.78, 5) is 12.3. The molecule has 2 atom stereocenters. The molecular formula is C10H17F2NO2. The molecule has 0 amide bonds. The molecule has 0 aromatic rings. The molecule has 88 valence electrons. The molecule has 0 spiro atoms. The van der Waals surface area contributed by atoms with Gasteiger partial charge in [-0.1, -0.05) is 13.3 Å². The molecule has 0 aromatic heterocycles. The molecule has 5 heteroatoms. The molecule has 1 rings (SSSR count). The van der Waals surface area contributed by atoms with E-state index in [9.17, 15) is 13.6 Å². The number of aliphatic carboxylic acids is 1. The van der Waals surface area contributed by atoms with Crippen molar-refractivity contribution in [1.29, 1.82) is 0 Å². The van der Waals surface area contributed by atoms with Gasteiger partial charge in [-0.2, -0.15) is 0 Å². The smallest absolute Gasteiger partial charge is 0.320 e. The average molecular weight is 221 g/mol. The Morgan fingerprint density at radius 1 is 1.60 bits per heavy atom. The van der Waals surface area contributed by atoms with Crippen molar-refractivity contribution in [3.63, 3.8) is 0 Å². The molecule has 1 aliphatic heterocycles. The molecule has 1 aliphatic rings. The minimum Gasteiger partial charge on any atom is -0.480 e. The Hall–Kier alpha value is -0.710. The summed E-state index contributed by atoms with van der Waals surface area (Å²) >= 11 is 0. The first-order valence-corrected chi connectivity index (χ1v) is 5.29. The number of carboxylic acid groups (broad SMARTS) is 1. The van der Waals surface area contributed by atoms with Crippen LogP contribution in [0.3, 0.4) is 0 Å². The van der Waals surface area contributed by atoms with Crippen LogP contribution in [0.5, 0.6) is 0 Å². The van der Waals surface area contributed by atoms with Crippen LogP contribution >= 0.6 is 0 Å². The number of hydrogen-bond acceptors (Lipinski definition) is 2. The lowest BCUT2D eigenvalue weighted by Crippen LogP contribution is -2.48. The molecule has 2 unspecified atom stereocenters. The van der Waals surface area contributed by atoms with Gasteiger partial charge in [0.25, 0.3) is 6.43 Å². The van der Waals surface area contributed by atoms with Crippen LogP contribution in [0, 0.1) is 5.92 Å². The van der Waals surface area contributed by atoms with Crippen molar-refractivity contribution >= 4 is 5.97 Å². The van der Waals surface area contributed by atoms with Gasteiger partial charge in [-0.25, -0.2) is 8.78 Å². The molecular weight excluding hydrogens is 204 g/mol. The molecule has 0 aromatic carbocycles. The summed E-state index contributed by atoms with van der Waals surface area (Å²) in [6.45, 7) is 2.06. The summed E-state index contributed by atoms with van der Waals surface area (Å²) in [5.74, 6) is -0.617. The number of likely N-dealkylation sites (tertiary alicyclic amines) is 1. The van der Waals surface area contributed by atoms with Gasteiger partial charge >= 0.3 is 5.97 Å². The van der Waals surface area contributed by atoms with Gasteiger partial charge in [0.15, 0.2) is 0 Å². The molecule has 0 aliphatic carbocycles. The molecule has 1 saturated heterocycles. The number of carboxylic acids is 1. The van der Waals surface area contributed by atoms with Crippen molar-refractivity contribution in [2.24, 2.45) is 5.92 Å². The van der Waals surface area contributed by atoms with Crippen LogP contribution in [-0.2, 0) is 4.79 Å². The molecule has 0 bridgehead atoms. The Kier molecular flexibility index (Phi) is 4.45. The van der Waals surface area contributed by atoms with Crippen molar-refractivity contribution in [3.05, 3.63) is 0 Å². The summed E-state index contributed by atoms with van der Waals surface area (Å²) in [5, 5.41) is 8.95. The van der Waals surface area contributed by atoms with E-state index in [1.54, 1.807) is 0 Å². The van der Waals surface area contributed by atoms with Gasteiger partial charge in [-0.05, 0) is 25.3 Å². The van der Waals surface area contributed by atoms with Gasteiger partial charge in [0.2, 0.25) is 0 Å². The fourth-order valence-corrected chi connectivity index (χ4v) is 2.11. The Balaban J connectivity index is 2.59. The highest BCUT2D eigenvalue weighted by atomic mass is 19.3. The van der Waals surface area contributed by atoms with E-state index in [0.29, 0.717) is 18.9 Å². The Labute approximate surface area is 88.1 Å².